The summed E-state index contributed by atoms with van der Waals surface area (Å²) in [5, 5.41) is 4.70. The fourth-order valence-electron chi connectivity index (χ4n) is 2.32. The van der Waals surface area contributed by atoms with Gasteiger partial charge >= 0.3 is 11.8 Å². The average Bonchev–Trinajstić information content (AvgIpc) is 2.81. The summed E-state index contributed by atoms with van der Waals surface area (Å²) in [6.45, 7) is 0. The van der Waals surface area contributed by atoms with Crippen LogP contribution in [0.3, 0.4) is 0 Å². The Morgan fingerprint density at radius 3 is 1.35 bits per heavy atom. The zero-order valence-electron chi connectivity index (χ0n) is 10.7. The van der Waals surface area contributed by atoms with Crippen molar-refractivity contribution in [3.63, 3.8) is 0 Å². The van der Waals surface area contributed by atoms with E-state index >= 15 is 0 Å². The molecule has 0 radical (unpaired) electrons. The first-order valence-electron chi connectivity index (χ1n) is 6.19. The molecule has 2 N–H and O–H groups in total. The lowest BCUT2D eigenvalue weighted by Crippen LogP contribution is -2.48. The van der Waals surface area contributed by atoms with Crippen LogP contribution < -0.4 is 10.6 Å². The molecule has 2 atom stereocenters. The predicted octanol–water partition coefficient (Wildman–Crippen LogP) is -2.41. The van der Waals surface area contributed by atoms with E-state index in [1.807, 2.05) is 0 Å². The van der Waals surface area contributed by atoms with Crippen LogP contribution in [-0.2, 0) is 29.3 Å². The van der Waals surface area contributed by atoms with Crippen LogP contribution in [0, 0.1) is 0 Å². The summed E-state index contributed by atoms with van der Waals surface area (Å²) in [5.74, 6) is -2.16. The molecule has 0 aromatic heterocycles. The van der Waals surface area contributed by atoms with Crippen molar-refractivity contribution in [3.8, 4) is 0 Å². The van der Waals surface area contributed by atoms with Gasteiger partial charge in [0.2, 0.25) is 0 Å². The lowest BCUT2D eigenvalue weighted by atomic mass is 10.2. The molecule has 10 heteroatoms. The number of rotatable bonds is 2. The van der Waals surface area contributed by atoms with Gasteiger partial charge in [0, 0.05) is 12.1 Å². The van der Waals surface area contributed by atoms with Gasteiger partial charge in [-0.1, -0.05) is 0 Å². The normalized spacial score (nSPS) is 30.8. The molecule has 114 valence electrons. The molecule has 20 heavy (non-hydrogen) atoms. The van der Waals surface area contributed by atoms with Crippen molar-refractivity contribution < 1.29 is 26.4 Å². The Labute approximate surface area is 117 Å². The van der Waals surface area contributed by atoms with Gasteiger partial charge in [-0.3, -0.25) is 9.59 Å². The number of nitrogens with one attached hydrogen (secondary N) is 2. The van der Waals surface area contributed by atoms with E-state index in [0.717, 1.165) is 0 Å². The largest absolute Gasteiger partial charge is 0.344 e. The minimum Gasteiger partial charge on any atom is -0.344 e. The van der Waals surface area contributed by atoms with E-state index in [0.29, 0.717) is 12.8 Å². The Morgan fingerprint density at radius 1 is 0.750 bits per heavy atom. The van der Waals surface area contributed by atoms with Gasteiger partial charge in [-0.15, -0.1) is 0 Å². The van der Waals surface area contributed by atoms with E-state index in [-0.39, 0.29) is 23.0 Å². The van der Waals surface area contributed by atoms with Crippen molar-refractivity contribution in [2.24, 2.45) is 0 Å². The van der Waals surface area contributed by atoms with Crippen molar-refractivity contribution in [2.75, 3.05) is 23.0 Å². The molecule has 0 aromatic rings. The molecule has 0 bridgehead atoms. The summed E-state index contributed by atoms with van der Waals surface area (Å²) in [4.78, 5) is 23.2. The van der Waals surface area contributed by atoms with Crippen LogP contribution in [0.4, 0.5) is 0 Å². The molecule has 2 aliphatic heterocycles. The highest BCUT2D eigenvalue weighted by Gasteiger charge is 2.33. The maximum atomic E-state index is 11.6. The first kappa shape index (κ1) is 15.2. The van der Waals surface area contributed by atoms with Crippen molar-refractivity contribution >= 4 is 31.5 Å². The van der Waals surface area contributed by atoms with Crippen molar-refractivity contribution in [3.05, 3.63) is 0 Å². The van der Waals surface area contributed by atoms with Crippen LogP contribution in [-0.4, -0.2) is 63.7 Å². The summed E-state index contributed by atoms with van der Waals surface area (Å²) in [6.07, 6.45) is 0.582. The minimum atomic E-state index is -3.13. The molecule has 2 fully saturated rings. The van der Waals surface area contributed by atoms with Gasteiger partial charge in [0.1, 0.15) is 0 Å². The molecule has 2 aliphatic rings. The van der Waals surface area contributed by atoms with Crippen molar-refractivity contribution in [2.45, 2.75) is 24.9 Å². The minimum absolute atomic E-state index is 0.000431. The quantitative estimate of drug-likeness (QED) is 0.545. The first-order valence-corrected chi connectivity index (χ1v) is 9.83. The van der Waals surface area contributed by atoms with Gasteiger partial charge in [-0.2, -0.15) is 0 Å². The number of amides is 2. The van der Waals surface area contributed by atoms with Gasteiger partial charge in [0.15, 0.2) is 19.7 Å². The molecule has 0 saturated carbocycles. The van der Waals surface area contributed by atoms with E-state index in [1.54, 1.807) is 0 Å². The zero-order valence-corrected chi connectivity index (χ0v) is 12.3. The third kappa shape index (κ3) is 3.92. The molecule has 0 spiro atoms. The maximum absolute atomic E-state index is 11.6. The number of carbonyl (C=O) groups is 2. The van der Waals surface area contributed by atoms with Gasteiger partial charge in [-0.05, 0) is 12.8 Å². The number of hydrogen-bond acceptors (Lipinski definition) is 6. The van der Waals surface area contributed by atoms with Gasteiger partial charge in [0.05, 0.1) is 23.0 Å². The second-order valence-corrected chi connectivity index (χ2v) is 9.60. The van der Waals surface area contributed by atoms with Crippen LogP contribution in [0.15, 0.2) is 0 Å². The van der Waals surface area contributed by atoms with Crippen LogP contribution >= 0.6 is 0 Å². The van der Waals surface area contributed by atoms with E-state index in [9.17, 15) is 26.4 Å². The van der Waals surface area contributed by atoms with Gasteiger partial charge in [0.25, 0.3) is 0 Å². The van der Waals surface area contributed by atoms with E-state index in [2.05, 4.69) is 10.6 Å². The number of sulfone groups is 2. The summed E-state index contributed by atoms with van der Waals surface area (Å²) in [5.41, 5.74) is 0. The molecule has 0 aromatic carbocycles. The summed E-state index contributed by atoms with van der Waals surface area (Å²) >= 11 is 0. The monoisotopic (exact) mass is 324 g/mol. The molecule has 2 amide bonds. The van der Waals surface area contributed by atoms with E-state index in [1.165, 1.54) is 0 Å². The Kier molecular flexibility index (Phi) is 4.05. The van der Waals surface area contributed by atoms with Gasteiger partial charge < -0.3 is 10.6 Å². The molecule has 0 aliphatic carbocycles. The molecule has 0 unspecified atom stereocenters. The SMILES string of the molecule is O=C(N[C@@H]1CCS(=O)(=O)C1)C(=O)N[C@@H]1CCS(=O)(=O)C1. The van der Waals surface area contributed by atoms with Crippen LogP contribution in [0.2, 0.25) is 0 Å². The lowest BCUT2D eigenvalue weighted by molar-refractivity contribution is -0.139. The van der Waals surface area contributed by atoms with E-state index in [4.69, 9.17) is 0 Å². The maximum Gasteiger partial charge on any atom is 0.309 e. The second-order valence-electron chi connectivity index (χ2n) is 5.15. The highest BCUT2D eigenvalue weighted by Crippen LogP contribution is 2.12. The van der Waals surface area contributed by atoms with E-state index < -0.39 is 43.6 Å². The molecule has 2 saturated heterocycles. The Balaban J connectivity index is 1.83. The molecule has 8 nitrogen and oxygen atoms in total. The van der Waals surface area contributed by atoms with Crippen molar-refractivity contribution in [1.82, 2.24) is 10.6 Å². The predicted molar refractivity (Wildman–Crippen MR) is 70.4 cm³/mol. The Bertz CT molecular complexity index is 568. The summed E-state index contributed by atoms with van der Waals surface area (Å²) in [7, 11) is -6.26. The lowest BCUT2D eigenvalue weighted by Gasteiger charge is -2.13. The van der Waals surface area contributed by atoms with Crippen LogP contribution in [0.1, 0.15) is 12.8 Å². The molecule has 2 heterocycles. The average molecular weight is 324 g/mol. The fourth-order valence-corrected chi connectivity index (χ4v) is 5.67. The highest BCUT2D eigenvalue weighted by molar-refractivity contribution is 7.91. The summed E-state index contributed by atoms with van der Waals surface area (Å²) < 4.78 is 44.9. The van der Waals surface area contributed by atoms with Crippen LogP contribution in [0.25, 0.3) is 0 Å². The first-order chi connectivity index (χ1) is 9.17. The van der Waals surface area contributed by atoms with Crippen molar-refractivity contribution in [1.29, 1.82) is 0 Å². The standard InChI is InChI=1S/C10H16N2O6S2/c13-9(11-7-1-3-19(15,16)5-7)10(14)12-8-2-4-20(17,18)6-8/h7-8H,1-6H2,(H,11,13)(H,12,14)/t7-,8-/m1/s1. The Morgan fingerprint density at radius 2 is 1.10 bits per heavy atom. The third-order valence-electron chi connectivity index (χ3n) is 3.34. The summed E-state index contributed by atoms with van der Waals surface area (Å²) in [6, 6.07) is -1.10. The zero-order chi connectivity index (χ0) is 15.0. The number of carbonyl (C=O) groups excluding carboxylic acids is 2. The second kappa shape index (κ2) is 5.32. The van der Waals surface area contributed by atoms with Crippen LogP contribution in [0.5, 0.6) is 0 Å². The highest BCUT2D eigenvalue weighted by atomic mass is 32.2. The smallest absolute Gasteiger partial charge is 0.309 e. The molecular formula is C10H16N2O6S2. The fraction of sp³-hybridized carbons (Fsp3) is 0.800. The Hall–Kier alpha value is -1.16. The third-order valence-corrected chi connectivity index (χ3v) is 6.88. The van der Waals surface area contributed by atoms with Gasteiger partial charge in [-0.25, -0.2) is 16.8 Å². The number of hydrogen-bond donors (Lipinski definition) is 2. The molecular weight excluding hydrogens is 308 g/mol. The topological polar surface area (TPSA) is 126 Å². The molecule has 2 rings (SSSR count).